The summed E-state index contributed by atoms with van der Waals surface area (Å²) in [5.41, 5.74) is 2.65. The first-order valence-corrected chi connectivity index (χ1v) is 14.2. The van der Waals surface area contributed by atoms with Crippen molar-refractivity contribution in [1.82, 2.24) is 0 Å². The number of carbonyl (C=O) groups is 1. The van der Waals surface area contributed by atoms with Gasteiger partial charge in [0.1, 0.15) is 0 Å². The van der Waals surface area contributed by atoms with Gasteiger partial charge in [-0.25, -0.2) is 0 Å². The van der Waals surface area contributed by atoms with Crippen LogP contribution in [-0.4, -0.2) is 18.7 Å². The second kappa shape index (κ2) is 10.9. The van der Waals surface area contributed by atoms with Crippen LogP contribution in [0.2, 0.25) is 0 Å². The number of aryl methyl sites for hydroxylation is 2. The average molecular weight is 484 g/mol. The van der Waals surface area contributed by atoms with Crippen LogP contribution in [0.15, 0.2) is 103 Å². The van der Waals surface area contributed by atoms with E-state index in [1.165, 1.54) is 15.9 Å². The predicted octanol–water partition coefficient (Wildman–Crippen LogP) is 5.76. The molecule has 35 heavy (non-hydrogen) atoms. The number of nitrogens with one attached hydrogen (secondary N) is 1. The molecule has 0 aliphatic rings. The zero-order chi connectivity index (χ0) is 24.8. The average Bonchev–Trinajstić information content (AvgIpc) is 2.90. The molecule has 1 unspecified atom stereocenters. The van der Waals surface area contributed by atoms with Gasteiger partial charge in [0, 0.05) is 0 Å². The molecule has 0 bridgehead atoms. The van der Waals surface area contributed by atoms with Crippen LogP contribution in [-0.2, 0) is 4.79 Å². The summed E-state index contributed by atoms with van der Waals surface area (Å²) in [6, 6.07) is 35.8. The minimum absolute atomic E-state index is 0.0621. The fourth-order valence-electron chi connectivity index (χ4n) is 5.34. The molecule has 3 nitrogen and oxygen atoms in total. The van der Waals surface area contributed by atoms with Crippen molar-refractivity contribution in [2.45, 2.75) is 32.9 Å². The van der Waals surface area contributed by atoms with E-state index in [1.807, 2.05) is 44.2 Å². The van der Waals surface area contributed by atoms with Crippen LogP contribution in [0.3, 0.4) is 0 Å². The van der Waals surface area contributed by atoms with E-state index < -0.39 is 7.26 Å². The van der Waals surface area contributed by atoms with Crippen molar-refractivity contribution in [3.05, 3.63) is 114 Å². The first kappa shape index (κ1) is 24.7. The monoisotopic (exact) mass is 483 g/mol. The Morgan fingerprint density at radius 2 is 1.17 bits per heavy atom. The van der Waals surface area contributed by atoms with Crippen molar-refractivity contribution in [3.8, 4) is 5.75 Å². The molecule has 4 rings (SSSR count). The number of carbonyl (C=O) groups excluding carboxylic acids is 1. The molecular weight excluding hydrogens is 449 g/mol. The van der Waals surface area contributed by atoms with Gasteiger partial charge in [-0.15, -0.1) is 0 Å². The van der Waals surface area contributed by atoms with Gasteiger partial charge in [-0.3, -0.25) is 0 Å². The van der Waals surface area contributed by atoms with E-state index in [1.54, 1.807) is 7.11 Å². The maximum absolute atomic E-state index is 14.3. The Morgan fingerprint density at radius 3 is 1.51 bits per heavy atom. The van der Waals surface area contributed by atoms with E-state index in [9.17, 15) is 4.79 Å². The van der Waals surface area contributed by atoms with E-state index in [0.717, 1.165) is 29.0 Å². The third kappa shape index (κ3) is 4.74. The first-order valence-electron chi connectivity index (χ1n) is 12.1. The molecule has 4 aromatic carbocycles. The zero-order valence-electron chi connectivity index (χ0n) is 20.9. The molecule has 4 heteroatoms. The molecule has 0 radical (unpaired) electrons. The Bertz CT molecular complexity index is 1150. The normalized spacial score (nSPS) is 12.6. The van der Waals surface area contributed by atoms with Crippen molar-refractivity contribution in [3.63, 3.8) is 0 Å². The number of anilines is 1. The molecule has 1 atom stereocenters. The van der Waals surface area contributed by atoms with Crippen LogP contribution in [0.25, 0.3) is 0 Å². The fraction of sp³-hybridized carbons (Fsp3) is 0.194. The number of hydrogen-bond donors (Lipinski definition) is 1. The van der Waals surface area contributed by atoms with Crippen molar-refractivity contribution in [1.29, 1.82) is 0 Å². The SMILES string of the molecule is CCC(C(=O)Nc1c(C)cc(OC)cc1C)[PH](c1ccccc1)(c1ccccc1)c1ccccc1. The van der Waals surface area contributed by atoms with Crippen LogP contribution in [0, 0.1) is 13.8 Å². The van der Waals surface area contributed by atoms with Gasteiger partial charge in [-0.1, -0.05) is 0 Å². The summed E-state index contributed by atoms with van der Waals surface area (Å²) in [6.45, 7) is 6.17. The van der Waals surface area contributed by atoms with E-state index in [4.69, 9.17) is 4.74 Å². The third-order valence-corrected chi connectivity index (χ3v) is 12.4. The van der Waals surface area contributed by atoms with Gasteiger partial charge < -0.3 is 0 Å². The van der Waals surface area contributed by atoms with Gasteiger partial charge in [0.15, 0.2) is 0 Å². The minimum atomic E-state index is -2.76. The molecule has 0 aliphatic carbocycles. The summed E-state index contributed by atoms with van der Waals surface area (Å²) in [5, 5.41) is 7.05. The molecule has 0 spiro atoms. The van der Waals surface area contributed by atoms with Gasteiger partial charge in [0.05, 0.1) is 0 Å². The van der Waals surface area contributed by atoms with Crippen LogP contribution in [0.1, 0.15) is 24.5 Å². The standard InChI is InChI=1S/C31H34NO2P/c1-5-29(31(33)32-30-23(2)21-25(34-4)22-24(30)3)35(26-15-9-6-10-16-26,27-17-11-7-12-18-27)28-19-13-8-14-20-28/h6-22,29,35H,5H2,1-4H3,(H,32,33). The Morgan fingerprint density at radius 1 is 0.771 bits per heavy atom. The number of hydrogen-bond acceptors (Lipinski definition) is 2. The molecule has 0 saturated carbocycles. The van der Waals surface area contributed by atoms with Crippen LogP contribution < -0.4 is 26.0 Å². The molecule has 0 fully saturated rings. The van der Waals surface area contributed by atoms with E-state index in [0.29, 0.717) is 0 Å². The van der Waals surface area contributed by atoms with Crippen molar-refractivity contribution in [2.24, 2.45) is 0 Å². The Kier molecular flexibility index (Phi) is 7.68. The molecule has 1 amide bonds. The summed E-state index contributed by atoms with van der Waals surface area (Å²) < 4.78 is 5.43. The van der Waals surface area contributed by atoms with Gasteiger partial charge in [-0.05, 0) is 0 Å². The van der Waals surface area contributed by atoms with Crippen molar-refractivity contribution >= 4 is 34.8 Å². The Labute approximate surface area is 209 Å². The second-order valence-corrected chi connectivity index (χ2v) is 13.0. The molecule has 180 valence electrons. The maximum atomic E-state index is 14.3. The van der Waals surface area contributed by atoms with Crippen LogP contribution >= 0.6 is 7.26 Å². The van der Waals surface area contributed by atoms with Gasteiger partial charge in [0.25, 0.3) is 0 Å². The molecule has 0 saturated heterocycles. The van der Waals surface area contributed by atoms with Crippen LogP contribution in [0.4, 0.5) is 5.69 Å². The van der Waals surface area contributed by atoms with E-state index in [-0.39, 0.29) is 11.6 Å². The summed E-state index contributed by atoms with van der Waals surface area (Å²) in [4.78, 5) is 14.3. The zero-order valence-corrected chi connectivity index (χ0v) is 21.9. The summed E-state index contributed by atoms with van der Waals surface area (Å²) in [5.74, 6) is 0.860. The van der Waals surface area contributed by atoms with Gasteiger partial charge in [0.2, 0.25) is 0 Å². The molecule has 0 aliphatic heterocycles. The summed E-state index contributed by atoms with van der Waals surface area (Å²) >= 11 is 0. The van der Waals surface area contributed by atoms with E-state index >= 15 is 0 Å². The van der Waals surface area contributed by atoms with Crippen LogP contribution in [0.5, 0.6) is 5.75 Å². The second-order valence-electron chi connectivity index (χ2n) is 8.99. The quantitative estimate of drug-likeness (QED) is 0.324. The van der Waals surface area contributed by atoms with Gasteiger partial charge >= 0.3 is 210 Å². The Balaban J connectivity index is 1.92. The summed E-state index contributed by atoms with van der Waals surface area (Å²) in [7, 11) is -1.09. The summed E-state index contributed by atoms with van der Waals surface area (Å²) in [6.07, 6.45) is 0.727. The first-order chi connectivity index (χ1) is 17.0. The number of ether oxygens (including phenoxy) is 1. The topological polar surface area (TPSA) is 38.3 Å². The number of benzene rings is 4. The Hall–Kier alpha value is -3.42. The molecular formula is C31H34NO2P. The molecule has 0 heterocycles. The number of rotatable bonds is 8. The fourth-order valence-corrected chi connectivity index (χ4v) is 10.8. The van der Waals surface area contributed by atoms with Crippen molar-refractivity contribution < 1.29 is 9.53 Å². The number of methoxy groups -OCH3 is 1. The third-order valence-electron chi connectivity index (χ3n) is 6.92. The predicted molar refractivity (Wildman–Crippen MR) is 152 cm³/mol. The van der Waals surface area contributed by atoms with Gasteiger partial charge in [-0.2, -0.15) is 0 Å². The number of amides is 1. The molecule has 0 aromatic heterocycles. The molecule has 1 N–H and O–H groups in total. The van der Waals surface area contributed by atoms with Crippen molar-refractivity contribution in [2.75, 3.05) is 12.4 Å². The molecule has 4 aromatic rings. The van der Waals surface area contributed by atoms with E-state index in [2.05, 4.69) is 85.0 Å².